The van der Waals surface area contributed by atoms with Crippen molar-refractivity contribution in [1.29, 1.82) is 0 Å². The molecule has 0 radical (unpaired) electrons. The second kappa shape index (κ2) is 6.80. The van der Waals surface area contributed by atoms with Crippen LogP contribution in [0.1, 0.15) is 59.3 Å². The van der Waals surface area contributed by atoms with Crippen LogP contribution in [0.3, 0.4) is 0 Å². The summed E-state index contributed by atoms with van der Waals surface area (Å²) in [5, 5.41) is 0. The van der Waals surface area contributed by atoms with Gasteiger partial charge in [0.05, 0.1) is 0 Å². The molecule has 1 saturated heterocycles. The fraction of sp³-hybridized carbons (Fsp3) is 0.882. The second-order valence-electron chi connectivity index (χ2n) is 7.56. The Labute approximate surface area is 128 Å². The summed E-state index contributed by atoms with van der Waals surface area (Å²) in [6.45, 7) is 8.88. The third-order valence-electron chi connectivity index (χ3n) is 4.69. The molecular weight excluding hydrogens is 264 g/mol. The van der Waals surface area contributed by atoms with Gasteiger partial charge in [0, 0.05) is 37.5 Å². The monoisotopic (exact) mass is 294 g/mol. The molecule has 0 atom stereocenters. The quantitative estimate of drug-likeness (QED) is 0.746. The lowest BCUT2D eigenvalue weighted by molar-refractivity contribution is -0.140. The topological polar surface area (TPSA) is 40.6 Å². The zero-order valence-corrected chi connectivity index (χ0v) is 13.9. The van der Waals surface area contributed by atoms with Gasteiger partial charge in [-0.1, -0.05) is 40.0 Å². The smallest absolute Gasteiger partial charge is 0.228 e. The Morgan fingerprint density at radius 3 is 2.00 bits per heavy atom. The molecule has 1 aliphatic heterocycles. The summed E-state index contributed by atoms with van der Waals surface area (Å²) in [6.07, 6.45) is 6.68. The molecule has 2 fully saturated rings. The Bertz CT molecular complexity index is 381. The van der Waals surface area contributed by atoms with E-state index in [-0.39, 0.29) is 17.2 Å². The predicted molar refractivity (Wildman–Crippen MR) is 83.8 cm³/mol. The molecule has 0 spiro atoms. The lowest BCUT2D eigenvalue weighted by atomic mass is 9.88. The lowest BCUT2D eigenvalue weighted by Gasteiger charge is -2.30. The van der Waals surface area contributed by atoms with E-state index in [4.69, 9.17) is 0 Å². The van der Waals surface area contributed by atoms with Crippen molar-refractivity contribution in [2.75, 3.05) is 26.2 Å². The van der Waals surface area contributed by atoms with E-state index in [2.05, 4.69) is 0 Å². The van der Waals surface area contributed by atoms with Crippen molar-refractivity contribution in [3.05, 3.63) is 0 Å². The number of hydrogen-bond donors (Lipinski definition) is 0. The van der Waals surface area contributed by atoms with E-state index in [0.717, 1.165) is 32.4 Å². The summed E-state index contributed by atoms with van der Waals surface area (Å²) >= 11 is 0. The maximum atomic E-state index is 12.6. The number of hydrogen-bond acceptors (Lipinski definition) is 2. The van der Waals surface area contributed by atoms with E-state index >= 15 is 0 Å². The van der Waals surface area contributed by atoms with Crippen LogP contribution in [-0.2, 0) is 9.59 Å². The number of carbonyl (C=O) groups is 2. The average Bonchev–Trinajstić information content (AvgIpc) is 2.71. The van der Waals surface area contributed by atoms with Gasteiger partial charge >= 0.3 is 0 Å². The standard InChI is InChI=1S/C17H30N2O2/c1-17(2,3)16(21)19-11-7-10-18(12-13-19)15(20)14-8-5-4-6-9-14/h14H,4-13H2,1-3H3. The summed E-state index contributed by atoms with van der Waals surface area (Å²) in [6, 6.07) is 0. The summed E-state index contributed by atoms with van der Waals surface area (Å²) in [5.41, 5.74) is -0.331. The van der Waals surface area contributed by atoms with Gasteiger partial charge in [0.15, 0.2) is 0 Å². The Hall–Kier alpha value is -1.06. The minimum absolute atomic E-state index is 0.203. The number of rotatable bonds is 1. The largest absolute Gasteiger partial charge is 0.341 e. The van der Waals surface area contributed by atoms with Crippen molar-refractivity contribution in [2.24, 2.45) is 11.3 Å². The molecule has 120 valence electrons. The molecule has 0 aromatic carbocycles. The van der Waals surface area contributed by atoms with Gasteiger partial charge < -0.3 is 9.80 Å². The van der Waals surface area contributed by atoms with Gasteiger partial charge in [-0.05, 0) is 19.3 Å². The van der Waals surface area contributed by atoms with E-state index in [1.165, 1.54) is 19.3 Å². The molecule has 21 heavy (non-hydrogen) atoms. The number of carbonyl (C=O) groups excluding carboxylic acids is 2. The predicted octanol–water partition coefficient (Wildman–Crippen LogP) is 2.67. The van der Waals surface area contributed by atoms with Gasteiger partial charge in [0.1, 0.15) is 0 Å². The molecule has 2 amide bonds. The molecule has 1 heterocycles. The molecule has 2 rings (SSSR count). The Morgan fingerprint density at radius 1 is 0.810 bits per heavy atom. The van der Waals surface area contributed by atoms with Crippen molar-refractivity contribution < 1.29 is 9.59 Å². The highest BCUT2D eigenvalue weighted by Crippen LogP contribution is 2.26. The fourth-order valence-electron chi connectivity index (χ4n) is 3.42. The Morgan fingerprint density at radius 2 is 1.38 bits per heavy atom. The summed E-state index contributed by atoms with van der Waals surface area (Å²) in [7, 11) is 0. The van der Waals surface area contributed by atoms with Crippen LogP contribution < -0.4 is 0 Å². The first-order valence-corrected chi connectivity index (χ1v) is 8.48. The van der Waals surface area contributed by atoms with E-state index in [1.54, 1.807) is 0 Å². The SMILES string of the molecule is CC(C)(C)C(=O)N1CCCN(C(=O)C2CCCCC2)CC1. The first-order valence-electron chi connectivity index (χ1n) is 8.48. The minimum atomic E-state index is -0.331. The average molecular weight is 294 g/mol. The van der Waals surface area contributed by atoms with Crippen LogP contribution in [0.15, 0.2) is 0 Å². The van der Waals surface area contributed by atoms with Crippen molar-refractivity contribution >= 4 is 11.8 Å². The highest BCUT2D eigenvalue weighted by Gasteiger charge is 2.31. The maximum Gasteiger partial charge on any atom is 0.228 e. The summed E-state index contributed by atoms with van der Waals surface area (Å²) < 4.78 is 0. The highest BCUT2D eigenvalue weighted by molar-refractivity contribution is 5.82. The summed E-state index contributed by atoms with van der Waals surface area (Å²) in [5.74, 6) is 0.776. The highest BCUT2D eigenvalue weighted by atomic mass is 16.2. The lowest BCUT2D eigenvalue weighted by Crippen LogP contribution is -2.43. The van der Waals surface area contributed by atoms with Gasteiger partial charge in [0.2, 0.25) is 11.8 Å². The van der Waals surface area contributed by atoms with E-state index < -0.39 is 0 Å². The molecule has 0 bridgehead atoms. The van der Waals surface area contributed by atoms with Crippen LogP contribution in [0.2, 0.25) is 0 Å². The minimum Gasteiger partial charge on any atom is -0.341 e. The molecule has 0 aromatic heterocycles. The van der Waals surface area contributed by atoms with Crippen molar-refractivity contribution in [1.82, 2.24) is 9.80 Å². The van der Waals surface area contributed by atoms with Crippen LogP contribution >= 0.6 is 0 Å². The van der Waals surface area contributed by atoms with Crippen molar-refractivity contribution in [3.8, 4) is 0 Å². The van der Waals surface area contributed by atoms with Gasteiger partial charge in [-0.3, -0.25) is 9.59 Å². The van der Waals surface area contributed by atoms with Gasteiger partial charge in [-0.15, -0.1) is 0 Å². The first kappa shape index (κ1) is 16.3. The molecule has 1 aliphatic carbocycles. The molecule has 1 saturated carbocycles. The number of amides is 2. The first-order chi connectivity index (χ1) is 9.89. The van der Waals surface area contributed by atoms with Crippen LogP contribution in [0.5, 0.6) is 0 Å². The normalized spacial score (nSPS) is 22.0. The van der Waals surface area contributed by atoms with E-state index in [9.17, 15) is 9.59 Å². The van der Waals surface area contributed by atoms with E-state index in [0.29, 0.717) is 19.0 Å². The van der Waals surface area contributed by atoms with Crippen LogP contribution in [-0.4, -0.2) is 47.8 Å². The van der Waals surface area contributed by atoms with Gasteiger partial charge in [-0.25, -0.2) is 0 Å². The Kier molecular flexibility index (Phi) is 5.28. The molecule has 0 N–H and O–H groups in total. The second-order valence-corrected chi connectivity index (χ2v) is 7.56. The van der Waals surface area contributed by atoms with Crippen molar-refractivity contribution in [3.63, 3.8) is 0 Å². The number of nitrogens with zero attached hydrogens (tertiary/aromatic N) is 2. The van der Waals surface area contributed by atoms with Gasteiger partial charge in [-0.2, -0.15) is 0 Å². The van der Waals surface area contributed by atoms with Crippen LogP contribution in [0.4, 0.5) is 0 Å². The molecule has 0 unspecified atom stereocenters. The molecule has 4 nitrogen and oxygen atoms in total. The zero-order chi connectivity index (χ0) is 15.5. The third kappa shape index (κ3) is 4.21. The zero-order valence-electron chi connectivity index (χ0n) is 13.9. The molecule has 0 aromatic rings. The van der Waals surface area contributed by atoms with Crippen LogP contribution in [0.25, 0.3) is 0 Å². The fourth-order valence-corrected chi connectivity index (χ4v) is 3.42. The Balaban J connectivity index is 1.91. The molecular formula is C17H30N2O2. The maximum absolute atomic E-state index is 12.6. The van der Waals surface area contributed by atoms with Gasteiger partial charge in [0.25, 0.3) is 0 Å². The summed E-state index contributed by atoms with van der Waals surface area (Å²) in [4.78, 5) is 28.9. The van der Waals surface area contributed by atoms with Crippen molar-refractivity contribution in [2.45, 2.75) is 59.3 Å². The van der Waals surface area contributed by atoms with E-state index in [1.807, 2.05) is 30.6 Å². The third-order valence-corrected chi connectivity index (χ3v) is 4.69. The molecule has 4 heteroatoms. The molecule has 2 aliphatic rings. The van der Waals surface area contributed by atoms with Crippen LogP contribution in [0, 0.1) is 11.3 Å².